The van der Waals surface area contributed by atoms with E-state index in [9.17, 15) is 13.2 Å². The van der Waals surface area contributed by atoms with Crippen molar-refractivity contribution in [1.82, 2.24) is 0 Å². The fourth-order valence-electron chi connectivity index (χ4n) is 3.04. The van der Waals surface area contributed by atoms with E-state index in [2.05, 4.69) is 0 Å². The van der Waals surface area contributed by atoms with Gasteiger partial charge in [-0.1, -0.05) is 0 Å². The molecule has 110 valence electrons. The molecule has 0 aromatic heterocycles. The predicted molar refractivity (Wildman–Crippen MR) is 72.3 cm³/mol. The first kappa shape index (κ1) is 14.8. The third-order valence-electron chi connectivity index (χ3n) is 4.03. The molecule has 2 fully saturated rings. The minimum absolute atomic E-state index is 0.0666. The van der Waals surface area contributed by atoms with E-state index >= 15 is 0 Å². The molecular formula is C13H23NO4S. The lowest BCUT2D eigenvalue weighted by Crippen LogP contribution is -2.59. The third-order valence-corrected chi connectivity index (χ3v) is 6.62. The molecule has 1 saturated heterocycles. The van der Waals surface area contributed by atoms with Crippen LogP contribution in [-0.4, -0.2) is 36.5 Å². The van der Waals surface area contributed by atoms with E-state index < -0.39 is 20.2 Å². The van der Waals surface area contributed by atoms with Gasteiger partial charge < -0.3 is 10.5 Å². The molecular weight excluding hydrogens is 266 g/mol. The Balaban J connectivity index is 2.03. The zero-order valence-electron chi connectivity index (χ0n) is 11.8. The topological polar surface area (TPSA) is 86.5 Å². The van der Waals surface area contributed by atoms with Crippen LogP contribution < -0.4 is 5.73 Å². The quantitative estimate of drug-likeness (QED) is 0.728. The molecule has 1 spiro atoms. The minimum Gasteiger partial charge on any atom is -0.460 e. The van der Waals surface area contributed by atoms with Crippen LogP contribution in [0.2, 0.25) is 0 Å². The molecule has 6 heteroatoms. The molecule has 19 heavy (non-hydrogen) atoms. The summed E-state index contributed by atoms with van der Waals surface area (Å²) < 4.78 is 28.9. The first-order valence-electron chi connectivity index (χ1n) is 6.75. The van der Waals surface area contributed by atoms with Gasteiger partial charge >= 0.3 is 5.97 Å². The van der Waals surface area contributed by atoms with Gasteiger partial charge in [0.25, 0.3) is 0 Å². The highest BCUT2D eigenvalue weighted by atomic mass is 32.2. The first-order chi connectivity index (χ1) is 8.55. The number of ether oxygens (including phenoxy) is 1. The maximum absolute atomic E-state index is 12.2. The molecule has 1 heterocycles. The number of carbonyl (C=O) groups excluding carboxylic acids is 1. The van der Waals surface area contributed by atoms with Crippen LogP contribution in [-0.2, 0) is 19.4 Å². The maximum atomic E-state index is 12.2. The Labute approximate surface area is 114 Å². The lowest BCUT2D eigenvalue weighted by Gasteiger charge is -2.49. The average molecular weight is 289 g/mol. The van der Waals surface area contributed by atoms with Crippen LogP contribution in [0.4, 0.5) is 0 Å². The molecule has 5 nitrogen and oxygen atoms in total. The van der Waals surface area contributed by atoms with Crippen molar-refractivity contribution in [2.75, 3.05) is 5.75 Å². The minimum atomic E-state index is -3.12. The molecule has 1 aliphatic carbocycles. The Morgan fingerprint density at radius 2 is 1.84 bits per heavy atom. The van der Waals surface area contributed by atoms with E-state index in [1.165, 1.54) is 0 Å². The molecule has 2 rings (SSSR count). The Hall–Kier alpha value is -0.620. The van der Waals surface area contributed by atoms with Gasteiger partial charge in [-0.25, -0.2) is 8.42 Å². The zero-order chi connectivity index (χ0) is 14.5. The van der Waals surface area contributed by atoms with Gasteiger partial charge in [0.1, 0.15) is 5.60 Å². The number of nitrogens with two attached hydrogens (primary N) is 1. The summed E-state index contributed by atoms with van der Waals surface area (Å²) in [5.41, 5.74) is 5.36. The van der Waals surface area contributed by atoms with Crippen molar-refractivity contribution in [3.8, 4) is 0 Å². The lowest BCUT2D eigenvalue weighted by atomic mass is 9.70. The number of sulfone groups is 1. The number of esters is 1. The van der Waals surface area contributed by atoms with Crippen LogP contribution in [0, 0.1) is 5.92 Å². The second-order valence-electron chi connectivity index (χ2n) is 6.89. The Morgan fingerprint density at radius 1 is 1.26 bits per heavy atom. The van der Waals surface area contributed by atoms with E-state index in [-0.39, 0.29) is 23.7 Å². The Morgan fingerprint density at radius 3 is 2.37 bits per heavy atom. The summed E-state index contributed by atoms with van der Waals surface area (Å²) >= 11 is 0. The van der Waals surface area contributed by atoms with Crippen LogP contribution in [0.5, 0.6) is 0 Å². The van der Waals surface area contributed by atoms with Crippen molar-refractivity contribution >= 4 is 15.8 Å². The molecule has 0 aromatic rings. The van der Waals surface area contributed by atoms with Crippen molar-refractivity contribution in [2.45, 2.75) is 62.8 Å². The molecule has 0 aromatic carbocycles. The number of hydrogen-bond donors (Lipinski definition) is 1. The monoisotopic (exact) mass is 289 g/mol. The van der Waals surface area contributed by atoms with E-state index in [4.69, 9.17) is 10.5 Å². The van der Waals surface area contributed by atoms with Crippen molar-refractivity contribution in [1.29, 1.82) is 0 Å². The van der Waals surface area contributed by atoms with E-state index in [1.807, 2.05) is 20.8 Å². The van der Waals surface area contributed by atoms with Gasteiger partial charge in [0.15, 0.2) is 9.84 Å². The summed E-state index contributed by atoms with van der Waals surface area (Å²) in [4.78, 5) is 11.9. The van der Waals surface area contributed by atoms with Crippen LogP contribution in [0.15, 0.2) is 0 Å². The standard InChI is InChI=1S/C13H23NO4S/c1-12(2,3)18-11(15)9-6-13(7-9)8-10(14)4-5-19(13,16)17/h9-10H,4-8,14H2,1-3H3. The van der Waals surface area contributed by atoms with Crippen LogP contribution >= 0.6 is 0 Å². The van der Waals surface area contributed by atoms with Gasteiger partial charge in [-0.2, -0.15) is 0 Å². The molecule has 0 amide bonds. The summed E-state index contributed by atoms with van der Waals surface area (Å²) in [6.45, 7) is 5.44. The van der Waals surface area contributed by atoms with Crippen molar-refractivity contribution in [3.63, 3.8) is 0 Å². The summed E-state index contributed by atoms with van der Waals surface area (Å²) in [5, 5.41) is 0. The molecule has 1 unspecified atom stereocenters. The molecule has 1 saturated carbocycles. The van der Waals surface area contributed by atoms with Gasteiger partial charge in [0.05, 0.1) is 16.4 Å². The second-order valence-corrected chi connectivity index (χ2v) is 9.40. The van der Waals surface area contributed by atoms with Gasteiger partial charge in [0.2, 0.25) is 0 Å². The summed E-state index contributed by atoms with van der Waals surface area (Å²) in [7, 11) is -3.12. The van der Waals surface area contributed by atoms with Crippen molar-refractivity contribution in [3.05, 3.63) is 0 Å². The molecule has 0 radical (unpaired) electrons. The van der Waals surface area contributed by atoms with E-state index in [1.54, 1.807) is 0 Å². The number of hydrogen-bond acceptors (Lipinski definition) is 5. The highest BCUT2D eigenvalue weighted by molar-refractivity contribution is 7.92. The van der Waals surface area contributed by atoms with Crippen LogP contribution in [0.25, 0.3) is 0 Å². The van der Waals surface area contributed by atoms with Crippen LogP contribution in [0.1, 0.15) is 46.5 Å². The molecule has 2 aliphatic rings. The molecule has 2 N–H and O–H groups in total. The normalized spacial score (nSPS) is 37.7. The highest BCUT2D eigenvalue weighted by Gasteiger charge is 2.58. The Bertz CT molecular complexity index is 471. The maximum Gasteiger partial charge on any atom is 0.309 e. The largest absolute Gasteiger partial charge is 0.460 e. The average Bonchev–Trinajstić information content (AvgIpc) is 2.15. The smallest absolute Gasteiger partial charge is 0.309 e. The molecule has 1 atom stereocenters. The zero-order valence-corrected chi connectivity index (χ0v) is 12.6. The lowest BCUT2D eigenvalue weighted by molar-refractivity contribution is -0.164. The van der Waals surface area contributed by atoms with E-state index in [0.29, 0.717) is 25.7 Å². The third kappa shape index (κ3) is 2.79. The van der Waals surface area contributed by atoms with Gasteiger partial charge in [-0.05, 0) is 46.5 Å². The summed E-state index contributed by atoms with van der Waals surface area (Å²) in [6.07, 6.45) is 1.76. The number of carbonyl (C=O) groups is 1. The molecule has 0 bridgehead atoms. The second kappa shape index (κ2) is 4.45. The first-order valence-corrected chi connectivity index (χ1v) is 8.41. The highest BCUT2D eigenvalue weighted by Crippen LogP contribution is 2.50. The van der Waals surface area contributed by atoms with E-state index in [0.717, 1.165) is 0 Å². The number of rotatable bonds is 1. The summed E-state index contributed by atoms with van der Waals surface area (Å²) in [5.74, 6) is -0.429. The summed E-state index contributed by atoms with van der Waals surface area (Å²) in [6, 6.07) is -0.0666. The van der Waals surface area contributed by atoms with Crippen LogP contribution in [0.3, 0.4) is 0 Å². The van der Waals surface area contributed by atoms with Gasteiger partial charge in [0, 0.05) is 6.04 Å². The van der Waals surface area contributed by atoms with Crippen molar-refractivity contribution in [2.24, 2.45) is 11.7 Å². The fourth-order valence-corrected chi connectivity index (χ4v) is 5.46. The van der Waals surface area contributed by atoms with Gasteiger partial charge in [-0.3, -0.25) is 4.79 Å². The van der Waals surface area contributed by atoms with Gasteiger partial charge in [-0.15, -0.1) is 0 Å². The molecule has 1 aliphatic heterocycles. The Kier molecular flexibility index (Phi) is 3.46. The fraction of sp³-hybridized carbons (Fsp3) is 0.923. The van der Waals surface area contributed by atoms with Crippen molar-refractivity contribution < 1.29 is 17.9 Å². The predicted octanol–water partition coefficient (Wildman–Crippen LogP) is 1.01. The SMILES string of the molecule is CC(C)(C)OC(=O)C1CC2(CC(N)CCS2(=O)=O)C1.